The smallest absolute Gasteiger partial charge is 0.217 e. The summed E-state index contributed by atoms with van der Waals surface area (Å²) in [5, 5.41) is 0. The van der Waals surface area contributed by atoms with Crippen molar-refractivity contribution < 1.29 is 4.39 Å². The Morgan fingerprint density at radius 1 is 1.75 bits per heavy atom. The van der Waals surface area contributed by atoms with Crippen LogP contribution in [-0.2, 0) is 0 Å². The zero-order chi connectivity index (χ0) is 9.14. The molecular formula is C9H11FN2. The van der Waals surface area contributed by atoms with Gasteiger partial charge < -0.3 is 5.73 Å². The van der Waals surface area contributed by atoms with Crippen LogP contribution >= 0.6 is 0 Å². The number of hydrogen-bond acceptors (Lipinski definition) is 2. The number of pyridine rings is 1. The van der Waals surface area contributed by atoms with E-state index in [0.717, 1.165) is 5.56 Å². The van der Waals surface area contributed by atoms with Gasteiger partial charge in [0.2, 0.25) is 5.95 Å². The monoisotopic (exact) mass is 166 g/mol. The van der Waals surface area contributed by atoms with Gasteiger partial charge in [0.05, 0.1) is 6.04 Å². The van der Waals surface area contributed by atoms with E-state index in [1.54, 1.807) is 6.07 Å². The van der Waals surface area contributed by atoms with Crippen LogP contribution in [0.5, 0.6) is 0 Å². The van der Waals surface area contributed by atoms with Crippen molar-refractivity contribution in [2.24, 2.45) is 5.73 Å². The Labute approximate surface area is 70.9 Å². The van der Waals surface area contributed by atoms with Crippen LogP contribution in [0.15, 0.2) is 24.9 Å². The molecule has 64 valence electrons. The maximum absolute atomic E-state index is 13.0. The first kappa shape index (κ1) is 8.87. The number of aromatic nitrogens is 1. The molecule has 0 saturated carbocycles. The molecular weight excluding hydrogens is 155 g/mol. The topological polar surface area (TPSA) is 38.9 Å². The Bertz CT molecular complexity index is 297. The predicted molar refractivity (Wildman–Crippen MR) is 46.1 cm³/mol. The Morgan fingerprint density at radius 3 is 3.00 bits per heavy atom. The minimum absolute atomic E-state index is 0.394. The lowest BCUT2D eigenvalue weighted by atomic mass is 10.1. The summed E-state index contributed by atoms with van der Waals surface area (Å²) in [6.45, 7) is 5.33. The molecule has 12 heavy (non-hydrogen) atoms. The Balaban J connectivity index is 3.12. The van der Waals surface area contributed by atoms with Crippen LogP contribution in [0.25, 0.3) is 0 Å². The molecule has 0 spiro atoms. The highest BCUT2D eigenvalue weighted by Gasteiger charge is 2.08. The van der Waals surface area contributed by atoms with Gasteiger partial charge in [-0.1, -0.05) is 6.08 Å². The van der Waals surface area contributed by atoms with Gasteiger partial charge in [0, 0.05) is 11.8 Å². The highest BCUT2D eigenvalue weighted by Crippen LogP contribution is 2.14. The molecule has 2 nitrogen and oxygen atoms in total. The molecule has 0 amide bonds. The normalized spacial score (nSPS) is 12.6. The maximum Gasteiger partial charge on any atom is 0.217 e. The van der Waals surface area contributed by atoms with Gasteiger partial charge in [0.15, 0.2) is 0 Å². The highest BCUT2D eigenvalue weighted by atomic mass is 19.1. The molecule has 2 N–H and O–H groups in total. The van der Waals surface area contributed by atoms with Gasteiger partial charge in [0.1, 0.15) is 0 Å². The van der Waals surface area contributed by atoms with E-state index in [9.17, 15) is 4.39 Å². The van der Waals surface area contributed by atoms with Crippen LogP contribution in [0, 0.1) is 12.9 Å². The van der Waals surface area contributed by atoms with Gasteiger partial charge in [0.25, 0.3) is 0 Å². The molecule has 1 aromatic rings. The molecule has 0 aromatic carbocycles. The SMILES string of the molecule is C=C[C@H](N)c1cc(C)cnc1F. The van der Waals surface area contributed by atoms with Crippen LogP contribution in [-0.4, -0.2) is 4.98 Å². The van der Waals surface area contributed by atoms with Crippen LogP contribution in [0.3, 0.4) is 0 Å². The second kappa shape index (κ2) is 3.45. The molecule has 3 heteroatoms. The van der Waals surface area contributed by atoms with Gasteiger partial charge in [-0.15, -0.1) is 6.58 Å². The number of hydrogen-bond donors (Lipinski definition) is 1. The lowest BCUT2D eigenvalue weighted by molar-refractivity contribution is 0.559. The van der Waals surface area contributed by atoms with Crippen molar-refractivity contribution in [3.05, 3.63) is 42.0 Å². The van der Waals surface area contributed by atoms with Crippen molar-refractivity contribution in [2.75, 3.05) is 0 Å². The summed E-state index contributed by atoms with van der Waals surface area (Å²) in [7, 11) is 0. The molecule has 1 aromatic heterocycles. The number of aryl methyl sites for hydroxylation is 1. The summed E-state index contributed by atoms with van der Waals surface area (Å²) < 4.78 is 13.0. The quantitative estimate of drug-likeness (QED) is 0.536. The van der Waals surface area contributed by atoms with Crippen LogP contribution < -0.4 is 5.73 Å². The minimum atomic E-state index is -0.520. The lowest BCUT2D eigenvalue weighted by Crippen LogP contribution is -2.10. The average molecular weight is 166 g/mol. The van der Waals surface area contributed by atoms with Gasteiger partial charge in [-0.2, -0.15) is 4.39 Å². The van der Waals surface area contributed by atoms with Crippen molar-refractivity contribution in [1.29, 1.82) is 0 Å². The van der Waals surface area contributed by atoms with Crippen molar-refractivity contribution in [1.82, 2.24) is 4.98 Å². The van der Waals surface area contributed by atoms with E-state index >= 15 is 0 Å². The Hall–Kier alpha value is -1.22. The number of rotatable bonds is 2. The molecule has 0 bridgehead atoms. The summed E-state index contributed by atoms with van der Waals surface area (Å²) in [5.74, 6) is -0.520. The van der Waals surface area contributed by atoms with E-state index in [0.29, 0.717) is 5.56 Å². The number of nitrogens with zero attached hydrogens (tertiary/aromatic N) is 1. The molecule has 0 aliphatic rings. The largest absolute Gasteiger partial charge is 0.321 e. The predicted octanol–water partition coefficient (Wildman–Crippen LogP) is 1.71. The standard InChI is InChI=1S/C9H11FN2/c1-3-8(11)7-4-6(2)5-12-9(7)10/h3-5,8H,1,11H2,2H3/t8-/m0/s1. The van der Waals surface area contributed by atoms with Gasteiger partial charge in [-0.05, 0) is 18.6 Å². The molecule has 0 aliphatic heterocycles. The third kappa shape index (κ3) is 1.68. The van der Waals surface area contributed by atoms with Gasteiger partial charge in [-0.25, -0.2) is 4.98 Å². The Kier molecular flexibility index (Phi) is 2.55. The fourth-order valence-corrected chi connectivity index (χ4v) is 0.936. The van der Waals surface area contributed by atoms with E-state index in [4.69, 9.17) is 5.73 Å². The van der Waals surface area contributed by atoms with Crippen molar-refractivity contribution in [3.63, 3.8) is 0 Å². The summed E-state index contributed by atoms with van der Waals surface area (Å²) >= 11 is 0. The average Bonchev–Trinajstić information content (AvgIpc) is 2.08. The molecule has 0 unspecified atom stereocenters. The third-order valence-electron chi connectivity index (χ3n) is 1.62. The summed E-state index contributed by atoms with van der Waals surface area (Å²) in [5.41, 5.74) is 6.85. The second-order valence-corrected chi connectivity index (χ2v) is 2.65. The fraction of sp³-hybridized carbons (Fsp3) is 0.222. The molecule has 0 aliphatic carbocycles. The summed E-state index contributed by atoms with van der Waals surface area (Å²) in [6.07, 6.45) is 2.95. The van der Waals surface area contributed by atoms with Crippen molar-refractivity contribution >= 4 is 0 Å². The third-order valence-corrected chi connectivity index (χ3v) is 1.62. The van der Waals surface area contributed by atoms with Crippen molar-refractivity contribution in [2.45, 2.75) is 13.0 Å². The van der Waals surface area contributed by atoms with Crippen molar-refractivity contribution in [3.8, 4) is 0 Å². The van der Waals surface area contributed by atoms with E-state index in [-0.39, 0.29) is 0 Å². The Morgan fingerprint density at radius 2 is 2.42 bits per heavy atom. The van der Waals surface area contributed by atoms with Crippen LogP contribution in [0.2, 0.25) is 0 Å². The van der Waals surface area contributed by atoms with Gasteiger partial charge >= 0.3 is 0 Å². The first-order valence-electron chi connectivity index (χ1n) is 3.65. The molecule has 0 radical (unpaired) electrons. The molecule has 0 saturated heterocycles. The minimum Gasteiger partial charge on any atom is -0.321 e. The van der Waals surface area contributed by atoms with E-state index in [1.807, 2.05) is 6.92 Å². The maximum atomic E-state index is 13.0. The van der Waals surface area contributed by atoms with E-state index in [2.05, 4.69) is 11.6 Å². The molecule has 1 atom stereocenters. The van der Waals surface area contributed by atoms with Gasteiger partial charge in [-0.3, -0.25) is 0 Å². The highest BCUT2D eigenvalue weighted by molar-refractivity contribution is 5.23. The molecule has 0 fully saturated rings. The summed E-state index contributed by atoms with van der Waals surface area (Å²) in [4.78, 5) is 3.55. The molecule has 1 rings (SSSR count). The zero-order valence-electron chi connectivity index (χ0n) is 6.92. The first-order valence-corrected chi connectivity index (χ1v) is 3.65. The number of nitrogens with two attached hydrogens (primary N) is 1. The number of halogens is 1. The van der Waals surface area contributed by atoms with Crippen LogP contribution in [0.1, 0.15) is 17.2 Å². The lowest BCUT2D eigenvalue weighted by Gasteiger charge is -2.07. The molecule has 1 heterocycles. The first-order chi connectivity index (χ1) is 5.65. The fourth-order valence-electron chi connectivity index (χ4n) is 0.936. The summed E-state index contributed by atoms with van der Waals surface area (Å²) in [6, 6.07) is 1.20. The van der Waals surface area contributed by atoms with E-state index < -0.39 is 12.0 Å². The zero-order valence-corrected chi connectivity index (χ0v) is 6.92. The van der Waals surface area contributed by atoms with Crippen LogP contribution in [0.4, 0.5) is 4.39 Å². The second-order valence-electron chi connectivity index (χ2n) is 2.65. The van der Waals surface area contributed by atoms with E-state index in [1.165, 1.54) is 12.3 Å².